The maximum Gasteiger partial charge on any atom is 0.0781 e. The quantitative estimate of drug-likeness (QED) is 0.769. The highest BCUT2D eigenvalue weighted by Gasteiger charge is 2.15. The number of benzene rings is 1. The van der Waals surface area contributed by atoms with Crippen molar-refractivity contribution in [2.75, 3.05) is 6.54 Å². The van der Waals surface area contributed by atoms with Crippen LogP contribution in [0.1, 0.15) is 43.0 Å². The topological polar surface area (TPSA) is 27.6 Å². The van der Waals surface area contributed by atoms with Gasteiger partial charge in [-0.3, -0.25) is 0 Å². The number of hydrogen-bond acceptors (Lipinski definition) is 0. The zero-order chi connectivity index (χ0) is 11.6. The van der Waals surface area contributed by atoms with Crippen LogP contribution >= 0.6 is 0 Å². The van der Waals surface area contributed by atoms with Crippen molar-refractivity contribution in [3.63, 3.8) is 0 Å². The minimum atomic E-state index is 0.249. The highest BCUT2D eigenvalue weighted by atomic mass is 14.5. The standard InChI is InChI=1S/C14H23N/c1-10-8-12(14(3,4)5)9-11(2)13(10)6-7-15/h8-9H,6-7,15H2,1-5H3/p+1. The summed E-state index contributed by atoms with van der Waals surface area (Å²) >= 11 is 0. The van der Waals surface area contributed by atoms with Crippen LogP contribution in [0.5, 0.6) is 0 Å². The molecule has 0 spiro atoms. The first-order valence-electron chi connectivity index (χ1n) is 5.76. The van der Waals surface area contributed by atoms with E-state index in [1.54, 1.807) is 0 Å². The molecule has 1 rings (SSSR count). The van der Waals surface area contributed by atoms with Crippen LogP contribution in [-0.2, 0) is 11.8 Å². The molecule has 0 aliphatic carbocycles. The van der Waals surface area contributed by atoms with E-state index in [1.807, 2.05) is 0 Å². The molecule has 0 saturated carbocycles. The third-order valence-corrected chi connectivity index (χ3v) is 2.99. The number of quaternary nitrogens is 1. The van der Waals surface area contributed by atoms with Gasteiger partial charge in [0.05, 0.1) is 6.54 Å². The molecule has 0 amide bonds. The minimum absolute atomic E-state index is 0.249. The number of aryl methyl sites for hydroxylation is 2. The largest absolute Gasteiger partial charge is 0.357 e. The first-order chi connectivity index (χ1) is 6.86. The fraction of sp³-hybridized carbons (Fsp3) is 0.571. The van der Waals surface area contributed by atoms with Gasteiger partial charge in [0.2, 0.25) is 0 Å². The van der Waals surface area contributed by atoms with E-state index in [-0.39, 0.29) is 5.41 Å². The van der Waals surface area contributed by atoms with Crippen molar-refractivity contribution in [1.82, 2.24) is 0 Å². The zero-order valence-electron chi connectivity index (χ0n) is 10.8. The van der Waals surface area contributed by atoms with Crippen LogP contribution in [0.15, 0.2) is 12.1 Å². The van der Waals surface area contributed by atoms with E-state index < -0.39 is 0 Å². The first-order valence-corrected chi connectivity index (χ1v) is 5.76. The molecule has 0 heterocycles. The molecule has 15 heavy (non-hydrogen) atoms. The van der Waals surface area contributed by atoms with Crippen LogP contribution < -0.4 is 5.73 Å². The van der Waals surface area contributed by atoms with Crippen LogP contribution in [0.3, 0.4) is 0 Å². The van der Waals surface area contributed by atoms with Crippen molar-refractivity contribution in [2.45, 2.75) is 46.5 Å². The summed E-state index contributed by atoms with van der Waals surface area (Å²) in [6.07, 6.45) is 1.10. The Labute approximate surface area is 93.7 Å². The predicted molar refractivity (Wildman–Crippen MR) is 66.1 cm³/mol. The summed E-state index contributed by atoms with van der Waals surface area (Å²) in [5.41, 5.74) is 9.94. The van der Waals surface area contributed by atoms with E-state index in [9.17, 15) is 0 Å². The predicted octanol–water partition coefficient (Wildman–Crippen LogP) is 2.39. The van der Waals surface area contributed by atoms with Crippen LogP contribution in [0, 0.1) is 13.8 Å². The molecule has 1 nitrogen and oxygen atoms in total. The smallest absolute Gasteiger partial charge is 0.0781 e. The lowest BCUT2D eigenvalue weighted by Gasteiger charge is -2.22. The Morgan fingerprint density at radius 3 is 1.87 bits per heavy atom. The van der Waals surface area contributed by atoms with Gasteiger partial charge in [0.1, 0.15) is 0 Å². The second-order valence-electron chi connectivity index (χ2n) is 5.44. The molecule has 0 aliphatic heterocycles. The lowest BCUT2D eigenvalue weighted by atomic mass is 9.83. The van der Waals surface area contributed by atoms with E-state index in [0.29, 0.717) is 0 Å². The normalized spacial score (nSPS) is 11.9. The van der Waals surface area contributed by atoms with Crippen molar-refractivity contribution in [3.05, 3.63) is 34.4 Å². The van der Waals surface area contributed by atoms with Gasteiger partial charge < -0.3 is 5.73 Å². The number of hydrogen-bond donors (Lipinski definition) is 1. The van der Waals surface area contributed by atoms with E-state index in [1.165, 1.54) is 22.3 Å². The molecule has 1 aromatic rings. The van der Waals surface area contributed by atoms with E-state index in [0.717, 1.165) is 13.0 Å². The molecule has 3 N–H and O–H groups in total. The Balaban J connectivity index is 3.19. The summed E-state index contributed by atoms with van der Waals surface area (Å²) in [6, 6.07) is 4.66. The highest BCUT2D eigenvalue weighted by molar-refractivity contribution is 5.40. The molecule has 0 radical (unpaired) electrons. The zero-order valence-corrected chi connectivity index (χ0v) is 10.8. The van der Waals surface area contributed by atoms with Gasteiger partial charge in [0.15, 0.2) is 0 Å². The van der Waals surface area contributed by atoms with Crippen molar-refractivity contribution >= 4 is 0 Å². The van der Waals surface area contributed by atoms with Gasteiger partial charge in [-0.05, 0) is 41.5 Å². The molecule has 0 atom stereocenters. The molecule has 84 valence electrons. The van der Waals surface area contributed by atoms with Gasteiger partial charge in [-0.2, -0.15) is 0 Å². The maximum absolute atomic E-state index is 3.93. The van der Waals surface area contributed by atoms with Crippen LogP contribution in [0.2, 0.25) is 0 Å². The third-order valence-electron chi connectivity index (χ3n) is 2.99. The molecule has 0 fully saturated rings. The Hall–Kier alpha value is -0.820. The lowest BCUT2D eigenvalue weighted by molar-refractivity contribution is -0.366. The van der Waals surface area contributed by atoms with Crippen molar-refractivity contribution in [2.24, 2.45) is 0 Å². The molecule has 1 aromatic carbocycles. The first kappa shape index (κ1) is 12.3. The van der Waals surface area contributed by atoms with Crippen molar-refractivity contribution < 1.29 is 5.73 Å². The second kappa shape index (κ2) is 4.36. The SMILES string of the molecule is Cc1cc(C(C)(C)C)cc(C)c1CC[NH3+]. The fourth-order valence-corrected chi connectivity index (χ4v) is 2.00. The molecular formula is C14H24N+. The molecule has 0 saturated heterocycles. The van der Waals surface area contributed by atoms with Crippen LogP contribution in [-0.4, -0.2) is 6.54 Å². The summed E-state index contributed by atoms with van der Waals surface area (Å²) in [5, 5.41) is 0. The Bertz CT molecular complexity index is 322. The van der Waals surface area contributed by atoms with Gasteiger partial charge >= 0.3 is 0 Å². The van der Waals surface area contributed by atoms with Crippen molar-refractivity contribution in [1.29, 1.82) is 0 Å². The van der Waals surface area contributed by atoms with Gasteiger partial charge in [-0.1, -0.05) is 32.9 Å². The van der Waals surface area contributed by atoms with Crippen LogP contribution in [0.4, 0.5) is 0 Å². The van der Waals surface area contributed by atoms with E-state index >= 15 is 0 Å². The second-order valence-corrected chi connectivity index (χ2v) is 5.44. The summed E-state index contributed by atoms with van der Waals surface area (Å²) in [7, 11) is 0. The molecule has 0 aliphatic rings. The average Bonchev–Trinajstić information content (AvgIpc) is 2.09. The van der Waals surface area contributed by atoms with E-state index in [4.69, 9.17) is 0 Å². The molecular weight excluding hydrogens is 182 g/mol. The monoisotopic (exact) mass is 206 g/mol. The van der Waals surface area contributed by atoms with E-state index in [2.05, 4.69) is 52.5 Å². The fourth-order valence-electron chi connectivity index (χ4n) is 2.00. The molecule has 0 unspecified atom stereocenters. The van der Waals surface area contributed by atoms with Gasteiger partial charge in [0.25, 0.3) is 0 Å². The van der Waals surface area contributed by atoms with Crippen LogP contribution in [0.25, 0.3) is 0 Å². The van der Waals surface area contributed by atoms with Gasteiger partial charge in [-0.25, -0.2) is 0 Å². The summed E-state index contributed by atoms with van der Waals surface area (Å²) < 4.78 is 0. The Morgan fingerprint density at radius 1 is 1.07 bits per heavy atom. The summed E-state index contributed by atoms with van der Waals surface area (Å²) in [4.78, 5) is 0. The molecule has 0 bridgehead atoms. The molecule has 1 heteroatoms. The third kappa shape index (κ3) is 2.82. The Morgan fingerprint density at radius 2 is 1.53 bits per heavy atom. The van der Waals surface area contributed by atoms with Gasteiger partial charge in [-0.15, -0.1) is 0 Å². The summed E-state index contributed by atoms with van der Waals surface area (Å²) in [5.74, 6) is 0. The minimum Gasteiger partial charge on any atom is -0.357 e. The van der Waals surface area contributed by atoms with Crippen molar-refractivity contribution in [3.8, 4) is 0 Å². The number of rotatable bonds is 2. The van der Waals surface area contributed by atoms with Gasteiger partial charge in [0, 0.05) is 6.42 Å². The summed E-state index contributed by atoms with van der Waals surface area (Å²) in [6.45, 7) is 12.2. The molecule has 0 aromatic heterocycles. The average molecular weight is 206 g/mol. The maximum atomic E-state index is 3.93. The Kier molecular flexibility index (Phi) is 3.56. The lowest BCUT2D eigenvalue weighted by Crippen LogP contribution is -2.51. The highest BCUT2D eigenvalue weighted by Crippen LogP contribution is 2.26.